The summed E-state index contributed by atoms with van der Waals surface area (Å²) in [5, 5.41) is 3.47. The highest BCUT2D eigenvalue weighted by Gasteiger charge is 2.12. The van der Waals surface area contributed by atoms with Crippen molar-refractivity contribution < 1.29 is 9.47 Å². The van der Waals surface area contributed by atoms with E-state index in [1.165, 1.54) is 19.3 Å². The van der Waals surface area contributed by atoms with Gasteiger partial charge in [0, 0.05) is 12.1 Å². The maximum Gasteiger partial charge on any atom is 0.123 e. The number of ether oxygens (including phenoxy) is 2. The van der Waals surface area contributed by atoms with Gasteiger partial charge in [0.2, 0.25) is 0 Å². The van der Waals surface area contributed by atoms with Crippen molar-refractivity contribution in [1.82, 2.24) is 5.32 Å². The third-order valence-electron chi connectivity index (χ3n) is 2.98. The molecule has 0 bridgehead atoms. The molecule has 1 heterocycles. The molecule has 1 saturated heterocycles. The first-order valence-corrected chi connectivity index (χ1v) is 6.47. The van der Waals surface area contributed by atoms with Gasteiger partial charge in [-0.3, -0.25) is 0 Å². The fraction of sp³-hybridized carbons (Fsp3) is 0.571. The number of piperidine rings is 1. The Kier molecular flexibility index (Phi) is 4.68. The molecule has 0 amide bonds. The van der Waals surface area contributed by atoms with Crippen LogP contribution in [0.5, 0.6) is 11.5 Å². The Balaban J connectivity index is 1.83. The summed E-state index contributed by atoms with van der Waals surface area (Å²) in [5.41, 5.74) is 0. The summed E-state index contributed by atoms with van der Waals surface area (Å²) in [4.78, 5) is 0. The summed E-state index contributed by atoms with van der Waals surface area (Å²) in [5.74, 6) is 1.77. The summed E-state index contributed by atoms with van der Waals surface area (Å²) in [6.07, 6.45) is 3.81. The van der Waals surface area contributed by atoms with Crippen molar-refractivity contribution in [2.45, 2.75) is 32.2 Å². The summed E-state index contributed by atoms with van der Waals surface area (Å²) in [6.45, 7) is 4.54. The smallest absolute Gasteiger partial charge is 0.123 e. The zero-order valence-electron chi connectivity index (χ0n) is 10.4. The third-order valence-corrected chi connectivity index (χ3v) is 2.98. The molecular weight excluding hydrogens is 214 g/mol. The lowest BCUT2D eigenvalue weighted by molar-refractivity contribution is 0.237. The molecule has 1 aliphatic heterocycles. The number of hydrogen-bond acceptors (Lipinski definition) is 3. The van der Waals surface area contributed by atoms with Gasteiger partial charge in [0.05, 0.1) is 6.61 Å². The molecule has 1 aromatic rings. The van der Waals surface area contributed by atoms with E-state index >= 15 is 0 Å². The second-order valence-electron chi connectivity index (χ2n) is 4.37. The molecule has 0 spiro atoms. The van der Waals surface area contributed by atoms with Crippen LogP contribution in [0.2, 0.25) is 0 Å². The normalized spacial score (nSPS) is 19.9. The van der Waals surface area contributed by atoms with Gasteiger partial charge in [0.15, 0.2) is 0 Å². The topological polar surface area (TPSA) is 30.5 Å². The molecule has 0 saturated carbocycles. The molecule has 0 radical (unpaired) electrons. The standard InChI is InChI=1S/C14H21NO2/c1-2-16-13-7-5-8-14(10-13)17-11-12-6-3-4-9-15-12/h5,7-8,10,12,15H,2-4,6,9,11H2,1H3. The Hall–Kier alpha value is -1.22. The highest BCUT2D eigenvalue weighted by molar-refractivity contribution is 5.32. The van der Waals surface area contributed by atoms with Crippen molar-refractivity contribution in [3.63, 3.8) is 0 Å². The summed E-state index contributed by atoms with van der Waals surface area (Å²) in [6, 6.07) is 8.35. The minimum absolute atomic E-state index is 0.500. The van der Waals surface area contributed by atoms with E-state index in [-0.39, 0.29) is 0 Å². The van der Waals surface area contributed by atoms with Crippen LogP contribution >= 0.6 is 0 Å². The molecule has 17 heavy (non-hydrogen) atoms. The van der Waals surface area contributed by atoms with E-state index in [1.807, 2.05) is 31.2 Å². The lowest BCUT2D eigenvalue weighted by atomic mass is 10.1. The van der Waals surface area contributed by atoms with Gasteiger partial charge in [-0.25, -0.2) is 0 Å². The van der Waals surface area contributed by atoms with E-state index in [0.29, 0.717) is 12.6 Å². The summed E-state index contributed by atoms with van der Waals surface area (Å²) in [7, 11) is 0. The van der Waals surface area contributed by atoms with Gasteiger partial charge in [0.1, 0.15) is 18.1 Å². The van der Waals surface area contributed by atoms with Crippen LogP contribution in [0, 0.1) is 0 Å². The Bertz CT molecular complexity index is 335. The first-order valence-electron chi connectivity index (χ1n) is 6.47. The minimum atomic E-state index is 0.500. The second kappa shape index (κ2) is 6.50. The van der Waals surface area contributed by atoms with E-state index in [9.17, 15) is 0 Å². The maximum absolute atomic E-state index is 5.79. The molecule has 1 aromatic carbocycles. The number of hydrogen-bond donors (Lipinski definition) is 1. The van der Waals surface area contributed by atoms with Crippen LogP contribution in [0.4, 0.5) is 0 Å². The van der Waals surface area contributed by atoms with Crippen LogP contribution in [0.25, 0.3) is 0 Å². The van der Waals surface area contributed by atoms with Crippen LogP contribution < -0.4 is 14.8 Å². The first-order chi connectivity index (χ1) is 8.38. The molecule has 2 rings (SSSR count). The Morgan fingerprint density at radius 1 is 1.24 bits per heavy atom. The van der Waals surface area contributed by atoms with Gasteiger partial charge in [-0.1, -0.05) is 12.5 Å². The van der Waals surface area contributed by atoms with Crippen molar-refractivity contribution in [3.05, 3.63) is 24.3 Å². The highest BCUT2D eigenvalue weighted by Crippen LogP contribution is 2.20. The largest absolute Gasteiger partial charge is 0.494 e. The van der Waals surface area contributed by atoms with Crippen molar-refractivity contribution in [2.24, 2.45) is 0 Å². The lowest BCUT2D eigenvalue weighted by Gasteiger charge is -2.23. The van der Waals surface area contributed by atoms with Gasteiger partial charge in [-0.2, -0.15) is 0 Å². The van der Waals surface area contributed by atoms with Gasteiger partial charge in [0.25, 0.3) is 0 Å². The second-order valence-corrected chi connectivity index (χ2v) is 4.37. The monoisotopic (exact) mass is 235 g/mol. The molecule has 0 aromatic heterocycles. The Morgan fingerprint density at radius 3 is 2.76 bits per heavy atom. The lowest BCUT2D eigenvalue weighted by Crippen LogP contribution is -2.38. The molecular formula is C14H21NO2. The molecule has 1 aliphatic rings. The SMILES string of the molecule is CCOc1cccc(OCC2CCCCN2)c1. The predicted molar refractivity (Wildman–Crippen MR) is 68.7 cm³/mol. The first kappa shape index (κ1) is 12.2. The predicted octanol–water partition coefficient (Wildman–Crippen LogP) is 2.61. The van der Waals surface area contributed by atoms with Crippen LogP contribution in [-0.2, 0) is 0 Å². The maximum atomic E-state index is 5.79. The average molecular weight is 235 g/mol. The summed E-state index contributed by atoms with van der Waals surface area (Å²) < 4.78 is 11.2. The van der Waals surface area contributed by atoms with Gasteiger partial charge in [-0.05, 0) is 38.4 Å². The zero-order valence-corrected chi connectivity index (χ0v) is 10.4. The van der Waals surface area contributed by atoms with E-state index < -0.39 is 0 Å². The fourth-order valence-corrected chi connectivity index (χ4v) is 2.08. The van der Waals surface area contributed by atoms with Crippen molar-refractivity contribution in [3.8, 4) is 11.5 Å². The third kappa shape index (κ3) is 3.93. The van der Waals surface area contributed by atoms with Crippen LogP contribution in [0.15, 0.2) is 24.3 Å². The molecule has 94 valence electrons. The number of nitrogens with one attached hydrogen (secondary N) is 1. The van der Waals surface area contributed by atoms with Gasteiger partial charge < -0.3 is 14.8 Å². The molecule has 3 heteroatoms. The van der Waals surface area contributed by atoms with E-state index in [0.717, 1.165) is 24.7 Å². The van der Waals surface area contributed by atoms with E-state index in [4.69, 9.17) is 9.47 Å². The Labute approximate surface area is 103 Å². The van der Waals surface area contributed by atoms with Crippen molar-refractivity contribution in [1.29, 1.82) is 0 Å². The molecule has 1 unspecified atom stereocenters. The number of benzene rings is 1. The van der Waals surface area contributed by atoms with Crippen LogP contribution in [0.1, 0.15) is 26.2 Å². The minimum Gasteiger partial charge on any atom is -0.494 e. The molecule has 1 N–H and O–H groups in total. The van der Waals surface area contributed by atoms with E-state index in [1.54, 1.807) is 0 Å². The van der Waals surface area contributed by atoms with Crippen LogP contribution in [0.3, 0.4) is 0 Å². The highest BCUT2D eigenvalue weighted by atomic mass is 16.5. The molecule has 0 aliphatic carbocycles. The van der Waals surface area contributed by atoms with E-state index in [2.05, 4.69) is 5.32 Å². The summed E-state index contributed by atoms with van der Waals surface area (Å²) >= 11 is 0. The number of rotatable bonds is 5. The fourth-order valence-electron chi connectivity index (χ4n) is 2.08. The van der Waals surface area contributed by atoms with Gasteiger partial charge >= 0.3 is 0 Å². The van der Waals surface area contributed by atoms with Crippen LogP contribution in [-0.4, -0.2) is 25.8 Å². The van der Waals surface area contributed by atoms with Gasteiger partial charge in [-0.15, -0.1) is 0 Å². The van der Waals surface area contributed by atoms with Crippen molar-refractivity contribution >= 4 is 0 Å². The Morgan fingerprint density at radius 2 is 2.06 bits per heavy atom. The quantitative estimate of drug-likeness (QED) is 0.851. The molecule has 1 fully saturated rings. The molecule has 3 nitrogen and oxygen atoms in total. The zero-order chi connectivity index (χ0) is 11.9. The average Bonchev–Trinajstić information content (AvgIpc) is 2.39. The molecule has 1 atom stereocenters. The van der Waals surface area contributed by atoms with Crippen molar-refractivity contribution in [2.75, 3.05) is 19.8 Å².